The van der Waals surface area contributed by atoms with E-state index in [-0.39, 0.29) is 30.4 Å². The van der Waals surface area contributed by atoms with Crippen molar-refractivity contribution >= 4 is 11.8 Å². The molecule has 5 heteroatoms. The monoisotopic (exact) mass is 280 g/mol. The van der Waals surface area contributed by atoms with E-state index in [0.29, 0.717) is 19.0 Å². The first-order valence-corrected chi connectivity index (χ1v) is 7.38. The molecule has 0 spiro atoms. The molecule has 1 fully saturated rings. The highest BCUT2D eigenvalue weighted by atomic mass is 16.5. The Morgan fingerprint density at radius 1 is 1.45 bits per heavy atom. The first-order valence-electron chi connectivity index (χ1n) is 7.38. The molecule has 5 nitrogen and oxygen atoms in total. The minimum atomic E-state index is -0.0928. The predicted octanol–water partition coefficient (Wildman–Crippen LogP) is 0.952. The van der Waals surface area contributed by atoms with Gasteiger partial charge in [-0.2, -0.15) is 0 Å². The van der Waals surface area contributed by atoms with Crippen molar-refractivity contribution in [3.05, 3.63) is 12.2 Å². The summed E-state index contributed by atoms with van der Waals surface area (Å²) in [5.74, 6) is 0.649. The summed E-state index contributed by atoms with van der Waals surface area (Å²) in [5.41, 5.74) is 0. The lowest BCUT2D eigenvalue weighted by Gasteiger charge is -2.34. The van der Waals surface area contributed by atoms with Crippen LogP contribution in [0.3, 0.4) is 0 Å². The van der Waals surface area contributed by atoms with Crippen LogP contribution in [0.4, 0.5) is 0 Å². The number of carbonyl (C=O) groups excluding carboxylic acids is 2. The molecule has 0 aromatic carbocycles. The standard InChI is InChI=1S/C15H24N2O3/c1-11(2)8-17-9-13(20-10-14(17)18)7-16-15(19)12-5-3-4-6-12/h3-4,11-13H,5-10H2,1-2H3,(H,16,19). The van der Waals surface area contributed by atoms with Gasteiger partial charge in [0.25, 0.3) is 0 Å². The summed E-state index contributed by atoms with van der Waals surface area (Å²) in [6, 6.07) is 0. The van der Waals surface area contributed by atoms with Crippen LogP contribution in [0.25, 0.3) is 0 Å². The summed E-state index contributed by atoms with van der Waals surface area (Å²) in [4.78, 5) is 25.5. The van der Waals surface area contributed by atoms with Crippen LogP contribution < -0.4 is 5.32 Å². The molecular weight excluding hydrogens is 256 g/mol. The Hall–Kier alpha value is -1.36. The van der Waals surface area contributed by atoms with Gasteiger partial charge in [0.15, 0.2) is 0 Å². The fourth-order valence-corrected chi connectivity index (χ4v) is 2.61. The SMILES string of the molecule is CC(C)CN1CC(CNC(=O)C2CC=CC2)OCC1=O. The number of hydrogen-bond donors (Lipinski definition) is 1. The summed E-state index contributed by atoms with van der Waals surface area (Å²) >= 11 is 0. The van der Waals surface area contributed by atoms with Gasteiger partial charge in [0.2, 0.25) is 11.8 Å². The predicted molar refractivity (Wildman–Crippen MR) is 76.0 cm³/mol. The van der Waals surface area contributed by atoms with Gasteiger partial charge in [-0.3, -0.25) is 9.59 Å². The number of amides is 2. The van der Waals surface area contributed by atoms with E-state index in [1.807, 2.05) is 17.1 Å². The second kappa shape index (κ2) is 6.88. The maximum Gasteiger partial charge on any atom is 0.248 e. The lowest BCUT2D eigenvalue weighted by molar-refractivity contribution is -0.149. The minimum absolute atomic E-state index is 0.0428. The van der Waals surface area contributed by atoms with Crippen molar-refractivity contribution in [3.8, 4) is 0 Å². The highest BCUT2D eigenvalue weighted by Crippen LogP contribution is 2.17. The topological polar surface area (TPSA) is 58.6 Å². The quantitative estimate of drug-likeness (QED) is 0.763. The van der Waals surface area contributed by atoms with Gasteiger partial charge in [-0.15, -0.1) is 0 Å². The highest BCUT2D eigenvalue weighted by Gasteiger charge is 2.27. The van der Waals surface area contributed by atoms with Gasteiger partial charge < -0.3 is 15.0 Å². The average Bonchev–Trinajstić information content (AvgIpc) is 2.92. The molecule has 0 aromatic rings. The summed E-state index contributed by atoms with van der Waals surface area (Å²) in [7, 11) is 0. The number of nitrogens with one attached hydrogen (secondary N) is 1. The summed E-state index contributed by atoms with van der Waals surface area (Å²) in [6.07, 6.45) is 5.66. The van der Waals surface area contributed by atoms with E-state index in [1.54, 1.807) is 0 Å². The number of morpholine rings is 1. The van der Waals surface area contributed by atoms with Gasteiger partial charge in [0, 0.05) is 25.6 Å². The van der Waals surface area contributed by atoms with Crippen molar-refractivity contribution in [2.24, 2.45) is 11.8 Å². The molecule has 112 valence electrons. The molecule has 1 N–H and O–H groups in total. The number of allylic oxidation sites excluding steroid dienone is 2. The maximum absolute atomic E-state index is 11.9. The number of hydrogen-bond acceptors (Lipinski definition) is 3. The van der Waals surface area contributed by atoms with Gasteiger partial charge in [-0.25, -0.2) is 0 Å². The Morgan fingerprint density at radius 2 is 2.15 bits per heavy atom. The van der Waals surface area contributed by atoms with Crippen LogP contribution in [0.15, 0.2) is 12.2 Å². The van der Waals surface area contributed by atoms with Crippen molar-refractivity contribution in [2.45, 2.75) is 32.8 Å². The zero-order valence-corrected chi connectivity index (χ0v) is 12.3. The van der Waals surface area contributed by atoms with Gasteiger partial charge in [0.1, 0.15) is 6.61 Å². The van der Waals surface area contributed by atoms with Gasteiger partial charge in [-0.1, -0.05) is 26.0 Å². The van der Waals surface area contributed by atoms with Crippen molar-refractivity contribution in [1.82, 2.24) is 10.2 Å². The van der Waals surface area contributed by atoms with Crippen molar-refractivity contribution in [2.75, 3.05) is 26.2 Å². The third-order valence-electron chi connectivity index (χ3n) is 3.69. The molecule has 0 aromatic heterocycles. The molecule has 2 amide bonds. The Kier molecular flexibility index (Phi) is 5.17. The third kappa shape index (κ3) is 4.07. The van der Waals surface area contributed by atoms with E-state index in [4.69, 9.17) is 4.74 Å². The molecule has 1 unspecified atom stereocenters. The van der Waals surface area contributed by atoms with Crippen molar-refractivity contribution in [1.29, 1.82) is 0 Å². The Bertz CT molecular complexity index is 385. The largest absolute Gasteiger partial charge is 0.365 e. The smallest absolute Gasteiger partial charge is 0.248 e. The first kappa shape index (κ1) is 15.0. The molecule has 1 aliphatic heterocycles. The molecular formula is C15H24N2O3. The van der Waals surface area contributed by atoms with Crippen LogP contribution in [0.1, 0.15) is 26.7 Å². The van der Waals surface area contributed by atoms with Crippen LogP contribution in [-0.4, -0.2) is 49.1 Å². The van der Waals surface area contributed by atoms with Gasteiger partial charge in [-0.05, 0) is 18.8 Å². The Labute approximate surface area is 120 Å². The molecule has 1 aliphatic carbocycles. The van der Waals surface area contributed by atoms with E-state index < -0.39 is 0 Å². The molecule has 1 saturated heterocycles. The van der Waals surface area contributed by atoms with Crippen LogP contribution in [0, 0.1) is 11.8 Å². The van der Waals surface area contributed by atoms with E-state index in [1.165, 1.54) is 0 Å². The highest BCUT2D eigenvalue weighted by molar-refractivity contribution is 5.80. The molecule has 1 heterocycles. The molecule has 1 atom stereocenters. The zero-order chi connectivity index (χ0) is 14.5. The molecule has 0 saturated carbocycles. The molecule has 0 bridgehead atoms. The summed E-state index contributed by atoms with van der Waals surface area (Å²) < 4.78 is 5.49. The van der Waals surface area contributed by atoms with Crippen LogP contribution in [-0.2, 0) is 14.3 Å². The first-order chi connectivity index (χ1) is 9.56. The third-order valence-corrected chi connectivity index (χ3v) is 3.69. The normalized spacial score (nSPS) is 23.6. The molecule has 2 rings (SSSR count). The van der Waals surface area contributed by atoms with Crippen LogP contribution >= 0.6 is 0 Å². The zero-order valence-electron chi connectivity index (χ0n) is 12.3. The number of ether oxygens (including phenoxy) is 1. The van der Waals surface area contributed by atoms with Gasteiger partial charge >= 0.3 is 0 Å². The van der Waals surface area contributed by atoms with Crippen LogP contribution in [0.5, 0.6) is 0 Å². The Morgan fingerprint density at radius 3 is 2.80 bits per heavy atom. The number of rotatable bonds is 5. The fraction of sp³-hybridized carbons (Fsp3) is 0.733. The lowest BCUT2D eigenvalue weighted by atomic mass is 10.1. The fourth-order valence-electron chi connectivity index (χ4n) is 2.61. The lowest BCUT2D eigenvalue weighted by Crippen LogP contribution is -2.51. The summed E-state index contributed by atoms with van der Waals surface area (Å²) in [5, 5.41) is 2.94. The van der Waals surface area contributed by atoms with E-state index >= 15 is 0 Å². The molecule has 0 radical (unpaired) electrons. The van der Waals surface area contributed by atoms with Crippen molar-refractivity contribution in [3.63, 3.8) is 0 Å². The molecule has 2 aliphatic rings. The van der Waals surface area contributed by atoms with E-state index in [9.17, 15) is 9.59 Å². The maximum atomic E-state index is 11.9. The van der Waals surface area contributed by atoms with E-state index in [0.717, 1.165) is 19.4 Å². The average molecular weight is 280 g/mol. The summed E-state index contributed by atoms with van der Waals surface area (Å²) in [6.45, 7) is 6.11. The van der Waals surface area contributed by atoms with E-state index in [2.05, 4.69) is 19.2 Å². The molecule has 20 heavy (non-hydrogen) atoms. The minimum Gasteiger partial charge on any atom is -0.365 e. The number of carbonyl (C=O) groups is 2. The van der Waals surface area contributed by atoms with Crippen LogP contribution in [0.2, 0.25) is 0 Å². The van der Waals surface area contributed by atoms with Crippen molar-refractivity contribution < 1.29 is 14.3 Å². The second-order valence-corrected chi connectivity index (χ2v) is 6.01. The second-order valence-electron chi connectivity index (χ2n) is 6.01. The number of nitrogens with zero attached hydrogens (tertiary/aromatic N) is 1. The Balaban J connectivity index is 1.75. The van der Waals surface area contributed by atoms with Gasteiger partial charge in [0.05, 0.1) is 6.10 Å².